The van der Waals surface area contributed by atoms with Crippen LogP contribution in [0.15, 0.2) is 54.9 Å². The van der Waals surface area contributed by atoms with Gasteiger partial charge < -0.3 is 16.0 Å². The molecule has 3 N–H and O–H groups in total. The molecule has 4 aromatic rings. The quantitative estimate of drug-likeness (QED) is 0.547. The zero-order valence-corrected chi connectivity index (χ0v) is 16.7. The Morgan fingerprint density at radius 2 is 2.07 bits per heavy atom. The van der Waals surface area contributed by atoms with E-state index in [0.29, 0.717) is 18.9 Å². The van der Waals surface area contributed by atoms with Gasteiger partial charge >= 0.3 is 0 Å². The van der Waals surface area contributed by atoms with Gasteiger partial charge in [0.25, 0.3) is 0 Å². The van der Waals surface area contributed by atoms with Gasteiger partial charge in [0.1, 0.15) is 12.1 Å². The fraction of sp³-hybridized carbons (Fsp3) is 0.227. The molecule has 1 aliphatic heterocycles. The van der Waals surface area contributed by atoms with Gasteiger partial charge in [-0.25, -0.2) is 9.97 Å². The van der Waals surface area contributed by atoms with Gasteiger partial charge in [-0.1, -0.05) is 24.3 Å². The summed E-state index contributed by atoms with van der Waals surface area (Å²) in [6.45, 7) is 2.07. The molecular weight excluding hydrogens is 382 g/mol. The second kappa shape index (κ2) is 7.42. The maximum atomic E-state index is 13.1. The summed E-state index contributed by atoms with van der Waals surface area (Å²) in [5.74, 6) is 0.624. The largest absolute Gasteiger partial charge is 0.383 e. The standard InChI is InChI=1S/C22H21N5OS/c23-21-17-6-5-14(9-18(17)25-13-26-21)12-27-8-7-24-19(22(27)28)11-16-10-15-3-1-2-4-20(15)29-16/h1-6,9-10,13,19,24H,7-8,11-12H2,(H2,23,25,26). The van der Waals surface area contributed by atoms with Crippen molar-refractivity contribution in [3.8, 4) is 0 Å². The predicted molar refractivity (Wildman–Crippen MR) is 117 cm³/mol. The molecule has 0 spiro atoms. The van der Waals surface area contributed by atoms with E-state index in [1.807, 2.05) is 29.2 Å². The van der Waals surface area contributed by atoms with Crippen molar-refractivity contribution in [2.75, 3.05) is 18.8 Å². The molecule has 1 atom stereocenters. The van der Waals surface area contributed by atoms with Gasteiger partial charge in [0.15, 0.2) is 0 Å². The van der Waals surface area contributed by atoms with Gasteiger partial charge in [-0.15, -0.1) is 11.3 Å². The van der Waals surface area contributed by atoms with Crippen molar-refractivity contribution in [3.05, 3.63) is 65.3 Å². The summed E-state index contributed by atoms with van der Waals surface area (Å²) in [6.07, 6.45) is 2.19. The van der Waals surface area contributed by atoms with Crippen LogP contribution < -0.4 is 11.1 Å². The minimum Gasteiger partial charge on any atom is -0.383 e. The Labute approximate surface area is 172 Å². The van der Waals surface area contributed by atoms with Crippen molar-refractivity contribution in [1.29, 1.82) is 0 Å². The van der Waals surface area contributed by atoms with Crippen molar-refractivity contribution in [3.63, 3.8) is 0 Å². The fourth-order valence-electron chi connectivity index (χ4n) is 3.89. The Kier molecular flexibility index (Phi) is 4.61. The average molecular weight is 404 g/mol. The predicted octanol–water partition coefficient (Wildman–Crippen LogP) is 2.97. The first-order chi connectivity index (χ1) is 14.2. The molecule has 0 bridgehead atoms. The van der Waals surface area contributed by atoms with Crippen LogP contribution in [0.25, 0.3) is 21.0 Å². The molecular formula is C22H21N5OS. The first-order valence-corrected chi connectivity index (χ1v) is 10.5. The van der Waals surface area contributed by atoms with Gasteiger partial charge in [-0.05, 0) is 35.2 Å². The average Bonchev–Trinajstić information content (AvgIpc) is 3.13. The molecule has 5 rings (SSSR count). The normalized spacial score (nSPS) is 17.3. The third-order valence-electron chi connectivity index (χ3n) is 5.37. The second-order valence-corrected chi connectivity index (χ2v) is 8.50. The van der Waals surface area contributed by atoms with Crippen molar-refractivity contribution >= 4 is 44.1 Å². The zero-order chi connectivity index (χ0) is 19.8. The molecule has 3 heterocycles. The highest BCUT2D eigenvalue weighted by Crippen LogP contribution is 2.27. The minimum absolute atomic E-state index is 0.149. The molecule has 0 saturated carbocycles. The number of nitrogens with one attached hydrogen (secondary N) is 1. The van der Waals surface area contributed by atoms with Crippen LogP contribution in [0.1, 0.15) is 10.4 Å². The lowest BCUT2D eigenvalue weighted by Gasteiger charge is -2.33. The Hall–Kier alpha value is -3.03. The topological polar surface area (TPSA) is 84.1 Å². The molecule has 146 valence electrons. The van der Waals surface area contributed by atoms with E-state index < -0.39 is 0 Å². The van der Waals surface area contributed by atoms with Crippen LogP contribution in [0.2, 0.25) is 0 Å². The number of nitrogens with zero attached hydrogens (tertiary/aromatic N) is 3. The number of carbonyl (C=O) groups is 1. The number of nitrogens with two attached hydrogens (primary N) is 1. The lowest BCUT2D eigenvalue weighted by Crippen LogP contribution is -2.55. The number of nitrogen functional groups attached to an aromatic ring is 1. The molecule has 6 nitrogen and oxygen atoms in total. The van der Waals surface area contributed by atoms with E-state index in [1.165, 1.54) is 21.3 Å². The molecule has 0 radical (unpaired) electrons. The maximum Gasteiger partial charge on any atom is 0.240 e. The second-order valence-electron chi connectivity index (χ2n) is 7.33. The highest BCUT2D eigenvalue weighted by atomic mass is 32.1. The molecule has 1 amide bonds. The van der Waals surface area contributed by atoms with E-state index in [4.69, 9.17) is 5.73 Å². The Morgan fingerprint density at radius 3 is 2.97 bits per heavy atom. The summed E-state index contributed by atoms with van der Waals surface area (Å²) in [4.78, 5) is 24.6. The fourth-order valence-corrected chi connectivity index (χ4v) is 5.00. The number of thiophene rings is 1. The summed E-state index contributed by atoms with van der Waals surface area (Å²) >= 11 is 1.76. The van der Waals surface area contributed by atoms with E-state index in [0.717, 1.165) is 29.4 Å². The molecule has 1 fully saturated rings. The maximum absolute atomic E-state index is 13.1. The molecule has 7 heteroatoms. The summed E-state index contributed by atoms with van der Waals surface area (Å²) in [6, 6.07) is 16.3. The molecule has 2 aromatic heterocycles. The number of anilines is 1. The molecule has 1 saturated heterocycles. The van der Waals surface area contributed by atoms with Crippen LogP contribution in [0.5, 0.6) is 0 Å². The lowest BCUT2D eigenvalue weighted by molar-refractivity contribution is -0.136. The van der Waals surface area contributed by atoms with Crippen molar-refractivity contribution in [1.82, 2.24) is 20.2 Å². The van der Waals surface area contributed by atoms with Crippen LogP contribution in [0.3, 0.4) is 0 Å². The van der Waals surface area contributed by atoms with E-state index >= 15 is 0 Å². The summed E-state index contributed by atoms with van der Waals surface area (Å²) in [5.41, 5.74) is 7.76. The number of carbonyl (C=O) groups excluding carboxylic acids is 1. The molecule has 1 unspecified atom stereocenters. The Morgan fingerprint density at radius 1 is 1.17 bits per heavy atom. The number of hydrogen-bond acceptors (Lipinski definition) is 6. The minimum atomic E-state index is -0.185. The third-order valence-corrected chi connectivity index (χ3v) is 6.51. The molecule has 0 aliphatic carbocycles. The van der Waals surface area contributed by atoms with Crippen LogP contribution in [-0.4, -0.2) is 39.9 Å². The van der Waals surface area contributed by atoms with Gasteiger partial charge in [0, 0.05) is 41.0 Å². The van der Waals surface area contributed by atoms with Crippen LogP contribution in [0.4, 0.5) is 5.82 Å². The smallest absolute Gasteiger partial charge is 0.240 e. The van der Waals surface area contributed by atoms with Gasteiger partial charge in [-0.3, -0.25) is 4.79 Å². The van der Waals surface area contributed by atoms with Crippen molar-refractivity contribution in [2.24, 2.45) is 0 Å². The first-order valence-electron chi connectivity index (χ1n) is 9.66. The lowest BCUT2D eigenvalue weighted by atomic mass is 10.1. The van der Waals surface area contributed by atoms with Gasteiger partial charge in [0.2, 0.25) is 5.91 Å². The number of piperazine rings is 1. The first kappa shape index (κ1) is 18.0. The Balaban J connectivity index is 1.33. The number of benzene rings is 2. The number of amides is 1. The number of aromatic nitrogens is 2. The molecule has 2 aromatic carbocycles. The Bertz CT molecular complexity index is 1170. The third kappa shape index (κ3) is 3.54. The van der Waals surface area contributed by atoms with E-state index in [-0.39, 0.29) is 11.9 Å². The zero-order valence-electron chi connectivity index (χ0n) is 15.8. The van der Waals surface area contributed by atoms with E-state index in [2.05, 4.69) is 39.6 Å². The number of hydrogen-bond donors (Lipinski definition) is 2. The number of fused-ring (bicyclic) bond motifs is 2. The van der Waals surface area contributed by atoms with Crippen LogP contribution in [0, 0.1) is 0 Å². The van der Waals surface area contributed by atoms with Crippen molar-refractivity contribution < 1.29 is 4.79 Å². The van der Waals surface area contributed by atoms with Gasteiger partial charge in [-0.2, -0.15) is 0 Å². The molecule has 29 heavy (non-hydrogen) atoms. The van der Waals surface area contributed by atoms with E-state index in [9.17, 15) is 4.79 Å². The summed E-state index contributed by atoms with van der Waals surface area (Å²) in [7, 11) is 0. The highest BCUT2D eigenvalue weighted by Gasteiger charge is 2.29. The summed E-state index contributed by atoms with van der Waals surface area (Å²) in [5, 5.41) is 5.47. The van der Waals surface area contributed by atoms with Crippen LogP contribution in [-0.2, 0) is 17.8 Å². The summed E-state index contributed by atoms with van der Waals surface area (Å²) < 4.78 is 1.26. The molecule has 1 aliphatic rings. The highest BCUT2D eigenvalue weighted by molar-refractivity contribution is 7.19. The van der Waals surface area contributed by atoms with Crippen molar-refractivity contribution in [2.45, 2.75) is 19.0 Å². The monoisotopic (exact) mass is 403 g/mol. The van der Waals surface area contributed by atoms with E-state index in [1.54, 1.807) is 11.3 Å². The number of rotatable bonds is 4. The van der Waals surface area contributed by atoms with Crippen LogP contribution >= 0.6 is 11.3 Å². The van der Waals surface area contributed by atoms with Gasteiger partial charge in [0.05, 0.1) is 11.6 Å². The SMILES string of the molecule is Nc1ncnc2cc(CN3CCNC(Cc4cc5ccccc5s4)C3=O)ccc12.